The molecular weight excluding hydrogens is 447 g/mol. The number of rotatable bonds is 4. The van der Waals surface area contributed by atoms with Gasteiger partial charge in [0.2, 0.25) is 5.92 Å². The van der Waals surface area contributed by atoms with Crippen LogP contribution in [0, 0.1) is 17.2 Å². The van der Waals surface area contributed by atoms with Gasteiger partial charge in [-0.15, -0.1) is 0 Å². The number of carbonyl (C=O) groups is 1. The molecule has 2 fully saturated rings. The van der Waals surface area contributed by atoms with E-state index in [-0.39, 0.29) is 66.7 Å². The SMILES string of the molecule is N#Cc1cc(C(=O)NC2CCOCC2)cc2nc(C(F)(F)F)c(CC3CCC(F)(F)CC3)n12. The van der Waals surface area contributed by atoms with Crippen molar-refractivity contribution in [1.82, 2.24) is 14.7 Å². The number of halogens is 5. The van der Waals surface area contributed by atoms with E-state index < -0.39 is 23.7 Å². The lowest BCUT2D eigenvalue weighted by Gasteiger charge is -2.28. The number of nitriles is 1. The molecule has 0 unspecified atom stereocenters. The topological polar surface area (TPSA) is 79.4 Å². The molecule has 1 saturated heterocycles. The van der Waals surface area contributed by atoms with Crippen molar-refractivity contribution in [2.45, 2.75) is 63.1 Å². The molecule has 0 atom stereocenters. The van der Waals surface area contributed by atoms with Gasteiger partial charge < -0.3 is 10.1 Å². The standard InChI is InChI=1S/C22H23F5N4O2/c23-21(24)5-1-13(2-6-21)9-17-19(22(25,26)27)30-18-11-14(10-16(12-28)31(17)18)20(32)29-15-3-7-33-8-4-15/h10-11,13,15H,1-9H2,(H,29,32). The van der Waals surface area contributed by atoms with Gasteiger partial charge in [-0.25, -0.2) is 13.8 Å². The Labute approximate surface area is 186 Å². The van der Waals surface area contributed by atoms with E-state index in [1.807, 2.05) is 6.07 Å². The fraction of sp³-hybridized carbons (Fsp3) is 0.591. The smallest absolute Gasteiger partial charge is 0.381 e. The minimum atomic E-state index is -4.79. The Morgan fingerprint density at radius 3 is 2.48 bits per heavy atom. The molecule has 0 bridgehead atoms. The van der Waals surface area contributed by atoms with E-state index in [9.17, 15) is 32.0 Å². The average Bonchev–Trinajstić information content (AvgIpc) is 3.14. The maximum Gasteiger partial charge on any atom is 0.435 e. The highest BCUT2D eigenvalue weighted by Crippen LogP contribution is 2.40. The molecule has 4 rings (SSSR count). The molecule has 2 aromatic heterocycles. The van der Waals surface area contributed by atoms with Gasteiger partial charge in [0.05, 0.1) is 5.69 Å². The third-order valence-corrected chi connectivity index (χ3v) is 6.34. The number of imidazole rings is 1. The van der Waals surface area contributed by atoms with Crippen LogP contribution in [-0.4, -0.2) is 40.5 Å². The Hall–Kier alpha value is -2.74. The zero-order chi connectivity index (χ0) is 23.8. The van der Waals surface area contributed by atoms with E-state index in [0.29, 0.717) is 26.1 Å². The first-order chi connectivity index (χ1) is 15.6. The third kappa shape index (κ3) is 5.11. The first kappa shape index (κ1) is 23.4. The Balaban J connectivity index is 1.69. The molecule has 1 amide bonds. The number of carbonyl (C=O) groups excluding carboxylic acids is 1. The lowest BCUT2D eigenvalue weighted by atomic mass is 9.83. The number of ether oxygens (including phenoxy) is 1. The van der Waals surface area contributed by atoms with Gasteiger partial charge in [0.1, 0.15) is 17.4 Å². The molecule has 1 saturated carbocycles. The summed E-state index contributed by atoms with van der Waals surface area (Å²) in [6.45, 7) is 0.998. The second-order valence-electron chi connectivity index (χ2n) is 8.70. The Morgan fingerprint density at radius 1 is 1.21 bits per heavy atom. The van der Waals surface area contributed by atoms with E-state index in [0.717, 1.165) is 4.40 Å². The van der Waals surface area contributed by atoms with Crippen molar-refractivity contribution in [3.05, 3.63) is 34.8 Å². The van der Waals surface area contributed by atoms with Crippen LogP contribution in [0.15, 0.2) is 12.1 Å². The average molecular weight is 470 g/mol. The van der Waals surface area contributed by atoms with Crippen LogP contribution < -0.4 is 5.32 Å². The van der Waals surface area contributed by atoms with Crippen molar-refractivity contribution in [1.29, 1.82) is 5.26 Å². The van der Waals surface area contributed by atoms with Crippen molar-refractivity contribution in [3.63, 3.8) is 0 Å². The fourth-order valence-corrected chi connectivity index (χ4v) is 4.55. The van der Waals surface area contributed by atoms with Crippen LogP contribution in [-0.2, 0) is 17.3 Å². The summed E-state index contributed by atoms with van der Waals surface area (Å²) in [6.07, 6.45) is -4.27. The van der Waals surface area contributed by atoms with E-state index in [1.54, 1.807) is 0 Å². The largest absolute Gasteiger partial charge is 0.435 e. The van der Waals surface area contributed by atoms with Crippen LogP contribution in [0.25, 0.3) is 5.65 Å². The summed E-state index contributed by atoms with van der Waals surface area (Å²) in [4.78, 5) is 16.4. The molecule has 3 heterocycles. The predicted molar refractivity (Wildman–Crippen MR) is 107 cm³/mol. The molecule has 0 spiro atoms. The molecule has 1 aliphatic carbocycles. The summed E-state index contributed by atoms with van der Waals surface area (Å²) in [6, 6.07) is 4.20. The number of amides is 1. The molecule has 33 heavy (non-hydrogen) atoms. The molecule has 1 N–H and O–H groups in total. The number of nitrogens with zero attached hydrogens (tertiary/aromatic N) is 3. The van der Waals surface area contributed by atoms with Gasteiger partial charge in [0.25, 0.3) is 5.91 Å². The van der Waals surface area contributed by atoms with Gasteiger partial charge in [-0.05, 0) is 50.2 Å². The van der Waals surface area contributed by atoms with Gasteiger partial charge in [0.15, 0.2) is 5.69 Å². The Morgan fingerprint density at radius 2 is 1.88 bits per heavy atom. The second kappa shape index (κ2) is 8.89. The van der Waals surface area contributed by atoms with E-state index in [4.69, 9.17) is 4.74 Å². The lowest BCUT2D eigenvalue weighted by molar-refractivity contribution is -0.141. The van der Waals surface area contributed by atoms with Crippen molar-refractivity contribution in [2.24, 2.45) is 5.92 Å². The first-order valence-electron chi connectivity index (χ1n) is 10.9. The van der Waals surface area contributed by atoms with E-state index in [1.165, 1.54) is 12.1 Å². The lowest BCUT2D eigenvalue weighted by Crippen LogP contribution is -2.39. The molecule has 2 aromatic rings. The highest BCUT2D eigenvalue weighted by Gasteiger charge is 2.41. The summed E-state index contributed by atoms with van der Waals surface area (Å²) in [5, 5.41) is 12.5. The summed E-state index contributed by atoms with van der Waals surface area (Å²) in [5.74, 6) is -3.69. The highest BCUT2D eigenvalue weighted by molar-refractivity contribution is 5.95. The fourth-order valence-electron chi connectivity index (χ4n) is 4.55. The van der Waals surface area contributed by atoms with Gasteiger partial charge in [0, 0.05) is 37.7 Å². The number of aromatic nitrogens is 2. The zero-order valence-electron chi connectivity index (χ0n) is 17.7. The monoisotopic (exact) mass is 470 g/mol. The summed E-state index contributed by atoms with van der Waals surface area (Å²) in [7, 11) is 0. The van der Waals surface area contributed by atoms with Crippen LogP contribution >= 0.6 is 0 Å². The molecular formula is C22H23F5N4O2. The summed E-state index contributed by atoms with van der Waals surface area (Å²) in [5.41, 5.74) is -1.69. The molecule has 2 aliphatic rings. The normalized spacial score (nSPS) is 20.0. The number of fused-ring (bicyclic) bond motifs is 1. The number of pyridine rings is 1. The maximum absolute atomic E-state index is 13.8. The van der Waals surface area contributed by atoms with Crippen LogP contribution in [0.4, 0.5) is 22.0 Å². The van der Waals surface area contributed by atoms with Gasteiger partial charge in [-0.2, -0.15) is 18.4 Å². The number of alkyl halides is 5. The van der Waals surface area contributed by atoms with E-state index >= 15 is 0 Å². The highest BCUT2D eigenvalue weighted by atomic mass is 19.4. The van der Waals surface area contributed by atoms with Crippen LogP contribution in [0.1, 0.15) is 66.0 Å². The Kier molecular flexibility index (Phi) is 6.31. The molecule has 0 aromatic carbocycles. The van der Waals surface area contributed by atoms with Crippen molar-refractivity contribution in [2.75, 3.05) is 13.2 Å². The predicted octanol–water partition coefficient (Wildman–Crippen LogP) is 4.50. The third-order valence-electron chi connectivity index (χ3n) is 6.34. The van der Waals surface area contributed by atoms with Crippen LogP contribution in [0.2, 0.25) is 0 Å². The summed E-state index contributed by atoms with van der Waals surface area (Å²) >= 11 is 0. The number of nitrogens with one attached hydrogen (secondary N) is 1. The van der Waals surface area contributed by atoms with Gasteiger partial charge in [-0.1, -0.05) is 0 Å². The first-order valence-corrected chi connectivity index (χ1v) is 10.9. The molecule has 0 radical (unpaired) electrons. The zero-order valence-corrected chi connectivity index (χ0v) is 17.7. The van der Waals surface area contributed by atoms with Crippen molar-refractivity contribution in [3.8, 4) is 6.07 Å². The molecule has 1 aliphatic heterocycles. The number of hydrogen-bond acceptors (Lipinski definition) is 4. The Bertz CT molecular complexity index is 1070. The summed E-state index contributed by atoms with van der Waals surface area (Å²) < 4.78 is 74.7. The van der Waals surface area contributed by atoms with Crippen LogP contribution in [0.5, 0.6) is 0 Å². The molecule has 6 nitrogen and oxygen atoms in total. The molecule has 11 heteroatoms. The van der Waals surface area contributed by atoms with E-state index in [2.05, 4.69) is 10.3 Å². The van der Waals surface area contributed by atoms with Crippen molar-refractivity contribution >= 4 is 11.6 Å². The maximum atomic E-state index is 13.8. The second-order valence-corrected chi connectivity index (χ2v) is 8.70. The van der Waals surface area contributed by atoms with Gasteiger partial charge >= 0.3 is 6.18 Å². The quantitative estimate of drug-likeness (QED) is 0.668. The van der Waals surface area contributed by atoms with Crippen LogP contribution in [0.3, 0.4) is 0 Å². The van der Waals surface area contributed by atoms with Crippen molar-refractivity contribution < 1.29 is 31.5 Å². The van der Waals surface area contributed by atoms with Gasteiger partial charge in [-0.3, -0.25) is 9.20 Å². The number of hydrogen-bond donors (Lipinski definition) is 1. The minimum Gasteiger partial charge on any atom is -0.381 e. The molecule has 178 valence electrons. The minimum absolute atomic E-state index is 0.0353.